The average Bonchev–Trinajstić information content (AvgIpc) is 3.23. The number of hydrogen-bond donors (Lipinski definition) is 0. The highest BCUT2D eigenvalue weighted by atomic mass is 35.5. The zero-order valence-corrected chi connectivity index (χ0v) is 20.7. The van der Waals surface area contributed by atoms with Crippen molar-refractivity contribution in [2.75, 3.05) is 27.9 Å². The van der Waals surface area contributed by atoms with E-state index in [1.165, 1.54) is 0 Å². The van der Waals surface area contributed by atoms with Gasteiger partial charge in [0.2, 0.25) is 5.75 Å². The number of methoxy groups -OCH3 is 3. The Morgan fingerprint density at radius 1 is 0.882 bits per heavy atom. The quantitative estimate of drug-likeness (QED) is 0.241. The molecular formula is C27H29ClN2O4. The molecule has 4 aromatic rings. The van der Waals surface area contributed by atoms with Crippen molar-refractivity contribution in [3.05, 3.63) is 65.2 Å². The minimum absolute atomic E-state index is 0.561. The van der Waals surface area contributed by atoms with Gasteiger partial charge in [-0.1, -0.05) is 23.7 Å². The maximum Gasteiger partial charge on any atom is 0.203 e. The molecule has 7 heteroatoms. The average molecular weight is 481 g/mol. The molecule has 0 aliphatic carbocycles. The van der Waals surface area contributed by atoms with Crippen LogP contribution in [0.25, 0.3) is 22.4 Å². The van der Waals surface area contributed by atoms with Crippen LogP contribution in [0.2, 0.25) is 5.02 Å². The van der Waals surface area contributed by atoms with E-state index in [-0.39, 0.29) is 0 Å². The normalized spacial score (nSPS) is 11.0. The van der Waals surface area contributed by atoms with Crippen molar-refractivity contribution < 1.29 is 18.9 Å². The van der Waals surface area contributed by atoms with E-state index in [1.807, 2.05) is 55.5 Å². The molecule has 34 heavy (non-hydrogen) atoms. The van der Waals surface area contributed by atoms with Crippen LogP contribution in [0, 0.1) is 6.92 Å². The van der Waals surface area contributed by atoms with Crippen molar-refractivity contribution in [3.63, 3.8) is 0 Å². The Labute approximate surface area is 205 Å². The third kappa shape index (κ3) is 4.92. The largest absolute Gasteiger partial charge is 0.494 e. The van der Waals surface area contributed by atoms with Crippen molar-refractivity contribution in [2.45, 2.75) is 26.3 Å². The smallest absolute Gasteiger partial charge is 0.203 e. The molecular weight excluding hydrogens is 452 g/mol. The van der Waals surface area contributed by atoms with Crippen molar-refractivity contribution in [2.24, 2.45) is 0 Å². The van der Waals surface area contributed by atoms with Crippen molar-refractivity contribution in [1.82, 2.24) is 9.55 Å². The van der Waals surface area contributed by atoms with Crippen molar-refractivity contribution >= 4 is 22.6 Å². The summed E-state index contributed by atoms with van der Waals surface area (Å²) in [6.07, 6.45) is 1.84. The van der Waals surface area contributed by atoms with E-state index in [0.717, 1.165) is 58.1 Å². The van der Waals surface area contributed by atoms with Gasteiger partial charge in [-0.05, 0) is 67.8 Å². The van der Waals surface area contributed by atoms with Crippen LogP contribution in [-0.2, 0) is 6.54 Å². The lowest BCUT2D eigenvalue weighted by atomic mass is 10.1. The van der Waals surface area contributed by atoms with Gasteiger partial charge in [0.15, 0.2) is 11.5 Å². The molecule has 0 spiro atoms. The maximum atomic E-state index is 6.10. The summed E-state index contributed by atoms with van der Waals surface area (Å²) >= 11 is 6.10. The van der Waals surface area contributed by atoms with E-state index < -0.39 is 0 Å². The van der Waals surface area contributed by atoms with Crippen LogP contribution in [0.5, 0.6) is 23.0 Å². The number of hydrogen-bond acceptors (Lipinski definition) is 5. The number of rotatable bonds is 10. The van der Waals surface area contributed by atoms with Crippen LogP contribution >= 0.6 is 11.6 Å². The Morgan fingerprint density at radius 3 is 2.29 bits per heavy atom. The molecule has 1 aromatic heterocycles. The molecule has 0 bridgehead atoms. The molecule has 0 aliphatic rings. The Morgan fingerprint density at radius 2 is 1.62 bits per heavy atom. The van der Waals surface area contributed by atoms with Crippen LogP contribution in [-0.4, -0.2) is 37.5 Å². The summed E-state index contributed by atoms with van der Waals surface area (Å²) in [6, 6.07) is 17.8. The molecule has 1 heterocycles. The van der Waals surface area contributed by atoms with Crippen LogP contribution in [0.15, 0.2) is 54.6 Å². The van der Waals surface area contributed by atoms with Gasteiger partial charge in [-0.15, -0.1) is 0 Å². The minimum atomic E-state index is 0.561. The molecule has 178 valence electrons. The van der Waals surface area contributed by atoms with Gasteiger partial charge in [-0.2, -0.15) is 0 Å². The van der Waals surface area contributed by atoms with E-state index in [2.05, 4.69) is 10.6 Å². The Kier molecular flexibility index (Phi) is 7.48. The summed E-state index contributed by atoms with van der Waals surface area (Å²) < 4.78 is 24.8. The molecule has 0 aliphatic heterocycles. The molecule has 0 fully saturated rings. The predicted molar refractivity (Wildman–Crippen MR) is 136 cm³/mol. The second-order valence-corrected chi connectivity index (χ2v) is 8.36. The fourth-order valence-electron chi connectivity index (χ4n) is 4.00. The van der Waals surface area contributed by atoms with Gasteiger partial charge in [0.05, 0.1) is 39.0 Å². The first-order chi connectivity index (χ1) is 16.5. The van der Waals surface area contributed by atoms with Gasteiger partial charge in [0.25, 0.3) is 0 Å². The van der Waals surface area contributed by atoms with E-state index in [4.69, 9.17) is 35.5 Å². The summed E-state index contributed by atoms with van der Waals surface area (Å²) in [6.45, 7) is 3.41. The third-order valence-corrected chi connectivity index (χ3v) is 6.18. The number of benzene rings is 3. The van der Waals surface area contributed by atoms with E-state index in [1.54, 1.807) is 21.3 Å². The highest BCUT2D eigenvalue weighted by Gasteiger charge is 2.18. The van der Waals surface area contributed by atoms with Crippen molar-refractivity contribution in [1.29, 1.82) is 0 Å². The lowest BCUT2D eigenvalue weighted by Gasteiger charge is -2.15. The maximum absolute atomic E-state index is 6.10. The van der Waals surface area contributed by atoms with Gasteiger partial charge in [0.1, 0.15) is 11.6 Å². The SMILES string of the molecule is COc1cc(-c2nc3ccccc3n2CCCCOc2ccc(Cl)c(C)c2)cc(OC)c1OC. The van der Waals surface area contributed by atoms with Gasteiger partial charge < -0.3 is 23.5 Å². The Hall–Kier alpha value is -3.38. The number of aromatic nitrogens is 2. The molecule has 6 nitrogen and oxygen atoms in total. The Bertz CT molecular complexity index is 1260. The monoisotopic (exact) mass is 480 g/mol. The minimum Gasteiger partial charge on any atom is -0.494 e. The Balaban J connectivity index is 1.55. The summed E-state index contributed by atoms with van der Waals surface area (Å²) in [4.78, 5) is 4.92. The third-order valence-electron chi connectivity index (χ3n) is 5.75. The van der Waals surface area contributed by atoms with Crippen LogP contribution in [0.1, 0.15) is 18.4 Å². The number of aryl methyl sites for hydroxylation is 2. The zero-order valence-electron chi connectivity index (χ0n) is 19.9. The summed E-state index contributed by atoms with van der Waals surface area (Å²) in [7, 11) is 4.83. The zero-order chi connectivity index (χ0) is 24.1. The van der Waals surface area contributed by atoms with Gasteiger partial charge in [-0.25, -0.2) is 4.98 Å². The fourth-order valence-corrected chi connectivity index (χ4v) is 4.12. The molecule has 4 rings (SSSR count). The first-order valence-electron chi connectivity index (χ1n) is 11.2. The highest BCUT2D eigenvalue weighted by Crippen LogP contribution is 2.41. The van der Waals surface area contributed by atoms with E-state index in [9.17, 15) is 0 Å². The van der Waals surface area contributed by atoms with Gasteiger partial charge in [0, 0.05) is 17.1 Å². The van der Waals surface area contributed by atoms with Crippen LogP contribution < -0.4 is 18.9 Å². The molecule has 0 unspecified atom stereocenters. The molecule has 0 saturated carbocycles. The number of para-hydroxylation sites is 2. The fraction of sp³-hybridized carbons (Fsp3) is 0.296. The lowest BCUT2D eigenvalue weighted by molar-refractivity contribution is 0.303. The molecule has 0 atom stereocenters. The topological polar surface area (TPSA) is 54.7 Å². The molecule has 0 amide bonds. The van der Waals surface area contributed by atoms with Gasteiger partial charge in [-0.3, -0.25) is 0 Å². The molecule has 0 saturated heterocycles. The summed E-state index contributed by atoms with van der Waals surface area (Å²) in [5, 5.41) is 0.749. The van der Waals surface area contributed by atoms with Crippen LogP contribution in [0.3, 0.4) is 0 Å². The second-order valence-electron chi connectivity index (χ2n) is 7.96. The molecule has 0 N–H and O–H groups in total. The van der Waals surface area contributed by atoms with Crippen molar-refractivity contribution in [3.8, 4) is 34.4 Å². The number of unbranched alkanes of at least 4 members (excludes halogenated alkanes) is 1. The first-order valence-corrected chi connectivity index (χ1v) is 11.6. The molecule has 3 aromatic carbocycles. The number of imidazole rings is 1. The lowest BCUT2D eigenvalue weighted by Crippen LogP contribution is -2.05. The highest BCUT2D eigenvalue weighted by molar-refractivity contribution is 6.31. The van der Waals surface area contributed by atoms with E-state index >= 15 is 0 Å². The molecule has 0 radical (unpaired) electrons. The predicted octanol–water partition coefficient (Wildman–Crippen LogP) is 6.55. The van der Waals surface area contributed by atoms with Crippen LogP contribution in [0.4, 0.5) is 0 Å². The first kappa shape index (κ1) is 23.8. The second kappa shape index (κ2) is 10.7. The number of nitrogens with zero attached hydrogens (tertiary/aromatic N) is 2. The number of ether oxygens (including phenoxy) is 4. The number of halogens is 1. The standard InChI is InChI=1S/C27H29ClN2O4/c1-18-15-20(11-12-21(18)28)34-14-8-7-13-30-23-10-6-5-9-22(23)29-27(30)19-16-24(31-2)26(33-4)25(17-19)32-3/h5-6,9-12,15-17H,7-8,13-14H2,1-4H3. The van der Waals surface area contributed by atoms with E-state index in [0.29, 0.717) is 23.9 Å². The number of fused-ring (bicyclic) bond motifs is 1. The summed E-state index contributed by atoms with van der Waals surface area (Å²) in [5.74, 6) is 3.46. The van der Waals surface area contributed by atoms with Gasteiger partial charge >= 0.3 is 0 Å². The summed E-state index contributed by atoms with van der Waals surface area (Å²) in [5.41, 5.74) is 3.94.